The van der Waals surface area contributed by atoms with E-state index in [1.807, 2.05) is 0 Å². The fourth-order valence-electron chi connectivity index (χ4n) is 2.97. The van der Waals surface area contributed by atoms with Crippen LogP contribution in [-0.4, -0.2) is 39.6 Å². The highest BCUT2D eigenvalue weighted by Crippen LogP contribution is 2.27. The van der Waals surface area contributed by atoms with Gasteiger partial charge in [0.25, 0.3) is 0 Å². The summed E-state index contributed by atoms with van der Waals surface area (Å²) in [4.78, 5) is 2.25. The fraction of sp³-hybridized carbons (Fsp3) is 0.571. The standard InChI is InChI=1S/C14H20N2O2S/c17-19(18)9-2-7-16(8-10-19)14-4-1-3-12-5-6-15-11-13(12)14/h1,3-4,15H,2,5-11H2. The first-order chi connectivity index (χ1) is 9.16. The molecular formula is C14H20N2O2S. The van der Waals surface area contributed by atoms with Crippen molar-refractivity contribution < 1.29 is 8.42 Å². The van der Waals surface area contributed by atoms with E-state index in [0.717, 1.165) is 32.5 Å². The van der Waals surface area contributed by atoms with Crippen LogP contribution < -0.4 is 10.2 Å². The number of benzene rings is 1. The SMILES string of the molecule is O=S1(=O)CCCN(c2cccc3c2CNCC3)CC1. The summed E-state index contributed by atoms with van der Waals surface area (Å²) in [6, 6.07) is 6.41. The van der Waals surface area contributed by atoms with Gasteiger partial charge < -0.3 is 10.2 Å². The lowest BCUT2D eigenvalue weighted by Crippen LogP contribution is -2.31. The van der Waals surface area contributed by atoms with Crippen LogP contribution >= 0.6 is 0 Å². The molecule has 104 valence electrons. The maximum Gasteiger partial charge on any atom is 0.152 e. The second-order valence-corrected chi connectivity index (χ2v) is 7.64. The number of anilines is 1. The lowest BCUT2D eigenvalue weighted by molar-refractivity contribution is 0.597. The molecule has 0 amide bonds. The van der Waals surface area contributed by atoms with Gasteiger partial charge in [0, 0.05) is 25.3 Å². The third-order valence-corrected chi connectivity index (χ3v) is 5.73. The molecule has 4 nitrogen and oxygen atoms in total. The number of nitrogens with zero attached hydrogens (tertiary/aromatic N) is 1. The Balaban J connectivity index is 1.90. The third-order valence-electron chi connectivity index (χ3n) is 4.02. The van der Waals surface area contributed by atoms with Gasteiger partial charge in [-0.3, -0.25) is 0 Å². The van der Waals surface area contributed by atoms with Gasteiger partial charge in [0.2, 0.25) is 0 Å². The van der Waals surface area contributed by atoms with Crippen LogP contribution in [0.25, 0.3) is 0 Å². The highest BCUT2D eigenvalue weighted by atomic mass is 32.2. The Bertz CT molecular complexity index is 569. The monoisotopic (exact) mass is 280 g/mol. The topological polar surface area (TPSA) is 49.4 Å². The summed E-state index contributed by atoms with van der Waals surface area (Å²) in [5.74, 6) is 0.612. The minimum atomic E-state index is -2.84. The summed E-state index contributed by atoms with van der Waals surface area (Å²) in [5.41, 5.74) is 3.98. The first-order valence-electron chi connectivity index (χ1n) is 6.92. The lowest BCUT2D eigenvalue weighted by atomic mass is 9.98. The third kappa shape index (κ3) is 2.77. The van der Waals surface area contributed by atoms with Gasteiger partial charge in [0.15, 0.2) is 9.84 Å². The van der Waals surface area contributed by atoms with Crippen molar-refractivity contribution in [1.82, 2.24) is 5.32 Å². The number of nitrogens with one attached hydrogen (secondary N) is 1. The molecule has 0 aliphatic carbocycles. The van der Waals surface area contributed by atoms with E-state index in [2.05, 4.69) is 28.4 Å². The second kappa shape index (κ2) is 5.13. The second-order valence-electron chi connectivity index (χ2n) is 5.33. The molecule has 0 radical (unpaired) electrons. The highest BCUT2D eigenvalue weighted by Gasteiger charge is 2.22. The summed E-state index contributed by atoms with van der Waals surface area (Å²) < 4.78 is 23.4. The predicted octanol–water partition coefficient (Wildman–Crippen LogP) is 0.957. The van der Waals surface area contributed by atoms with Gasteiger partial charge in [0.1, 0.15) is 0 Å². The average molecular weight is 280 g/mol. The zero-order chi connectivity index (χ0) is 13.3. The molecule has 0 atom stereocenters. The summed E-state index contributed by atoms with van der Waals surface area (Å²) in [6.45, 7) is 3.40. The molecule has 2 aliphatic rings. The van der Waals surface area contributed by atoms with Crippen LogP contribution in [-0.2, 0) is 22.8 Å². The normalized spacial score (nSPS) is 22.6. The molecular weight excluding hydrogens is 260 g/mol. The number of hydrogen-bond donors (Lipinski definition) is 1. The zero-order valence-corrected chi connectivity index (χ0v) is 11.9. The van der Waals surface area contributed by atoms with Gasteiger partial charge in [-0.25, -0.2) is 8.42 Å². The molecule has 0 saturated carbocycles. The average Bonchev–Trinajstić information content (AvgIpc) is 2.59. The Morgan fingerprint density at radius 3 is 2.95 bits per heavy atom. The van der Waals surface area contributed by atoms with E-state index >= 15 is 0 Å². The van der Waals surface area contributed by atoms with E-state index in [-0.39, 0.29) is 5.75 Å². The van der Waals surface area contributed by atoms with Crippen LogP contribution in [0.5, 0.6) is 0 Å². The van der Waals surface area contributed by atoms with Crippen molar-refractivity contribution in [3.63, 3.8) is 0 Å². The van der Waals surface area contributed by atoms with Crippen LogP contribution in [0.3, 0.4) is 0 Å². The van der Waals surface area contributed by atoms with Crippen molar-refractivity contribution in [1.29, 1.82) is 0 Å². The number of fused-ring (bicyclic) bond motifs is 1. The maximum absolute atomic E-state index is 11.7. The minimum absolute atomic E-state index is 0.282. The van der Waals surface area contributed by atoms with Gasteiger partial charge in [-0.05, 0) is 36.6 Å². The summed E-state index contributed by atoms with van der Waals surface area (Å²) in [6.07, 6.45) is 1.80. The Kier molecular flexibility index (Phi) is 3.50. The number of sulfone groups is 1. The van der Waals surface area contributed by atoms with Crippen LogP contribution in [0.15, 0.2) is 18.2 Å². The fourth-order valence-corrected chi connectivity index (χ4v) is 4.24. The van der Waals surface area contributed by atoms with Crippen molar-refractivity contribution in [2.24, 2.45) is 0 Å². The molecule has 0 aromatic heterocycles. The molecule has 1 N–H and O–H groups in total. The van der Waals surface area contributed by atoms with E-state index < -0.39 is 9.84 Å². The van der Waals surface area contributed by atoms with Crippen LogP contribution in [0.4, 0.5) is 5.69 Å². The number of rotatable bonds is 1. The predicted molar refractivity (Wildman–Crippen MR) is 77.3 cm³/mol. The molecule has 1 aromatic rings. The van der Waals surface area contributed by atoms with Gasteiger partial charge in [-0.2, -0.15) is 0 Å². The first-order valence-corrected chi connectivity index (χ1v) is 8.75. The van der Waals surface area contributed by atoms with Gasteiger partial charge in [0.05, 0.1) is 11.5 Å². The molecule has 3 rings (SSSR count). The Morgan fingerprint density at radius 2 is 2.05 bits per heavy atom. The van der Waals surface area contributed by atoms with Gasteiger partial charge in [-0.1, -0.05) is 12.1 Å². The van der Waals surface area contributed by atoms with E-state index in [0.29, 0.717) is 12.3 Å². The molecule has 1 fully saturated rings. The smallest absolute Gasteiger partial charge is 0.152 e. The Hall–Kier alpha value is -1.07. The van der Waals surface area contributed by atoms with Crippen molar-refractivity contribution in [3.05, 3.63) is 29.3 Å². The summed E-state index contributed by atoms with van der Waals surface area (Å²) in [7, 11) is -2.84. The largest absolute Gasteiger partial charge is 0.370 e. The molecule has 19 heavy (non-hydrogen) atoms. The zero-order valence-electron chi connectivity index (χ0n) is 11.1. The maximum atomic E-state index is 11.7. The minimum Gasteiger partial charge on any atom is -0.370 e. The first kappa shape index (κ1) is 12.9. The van der Waals surface area contributed by atoms with E-state index in [4.69, 9.17) is 0 Å². The molecule has 2 heterocycles. The molecule has 0 bridgehead atoms. The molecule has 0 spiro atoms. The number of hydrogen-bond acceptors (Lipinski definition) is 4. The molecule has 2 aliphatic heterocycles. The van der Waals surface area contributed by atoms with E-state index in [1.165, 1.54) is 16.8 Å². The van der Waals surface area contributed by atoms with Crippen molar-refractivity contribution >= 4 is 15.5 Å². The van der Waals surface area contributed by atoms with E-state index in [9.17, 15) is 8.42 Å². The van der Waals surface area contributed by atoms with Gasteiger partial charge >= 0.3 is 0 Å². The van der Waals surface area contributed by atoms with Crippen molar-refractivity contribution in [2.45, 2.75) is 19.4 Å². The van der Waals surface area contributed by atoms with Crippen LogP contribution in [0, 0.1) is 0 Å². The van der Waals surface area contributed by atoms with E-state index in [1.54, 1.807) is 0 Å². The lowest BCUT2D eigenvalue weighted by Gasteiger charge is -2.28. The van der Waals surface area contributed by atoms with Crippen LogP contribution in [0.1, 0.15) is 17.5 Å². The Morgan fingerprint density at radius 1 is 1.16 bits per heavy atom. The summed E-state index contributed by atoms with van der Waals surface area (Å²) in [5, 5.41) is 3.41. The van der Waals surface area contributed by atoms with Crippen molar-refractivity contribution in [2.75, 3.05) is 36.0 Å². The highest BCUT2D eigenvalue weighted by molar-refractivity contribution is 7.91. The molecule has 0 unspecified atom stereocenters. The van der Waals surface area contributed by atoms with Gasteiger partial charge in [-0.15, -0.1) is 0 Å². The quantitative estimate of drug-likeness (QED) is 0.832. The van der Waals surface area contributed by atoms with Crippen LogP contribution in [0.2, 0.25) is 0 Å². The molecule has 5 heteroatoms. The van der Waals surface area contributed by atoms with Crippen molar-refractivity contribution in [3.8, 4) is 0 Å². The molecule has 1 saturated heterocycles. The Labute approximate surface area is 114 Å². The summed E-state index contributed by atoms with van der Waals surface area (Å²) >= 11 is 0. The molecule has 1 aromatic carbocycles.